The van der Waals surface area contributed by atoms with E-state index in [1.807, 2.05) is 19.9 Å². The average Bonchev–Trinajstić information content (AvgIpc) is 2.94. The van der Waals surface area contributed by atoms with Gasteiger partial charge < -0.3 is 14.2 Å². The number of hydrogen-bond donors (Lipinski definition) is 0. The van der Waals surface area contributed by atoms with Crippen molar-refractivity contribution in [2.45, 2.75) is 26.7 Å². The second-order valence-electron chi connectivity index (χ2n) is 6.75. The van der Waals surface area contributed by atoms with Crippen LogP contribution in [0.1, 0.15) is 34.0 Å². The number of aromatic nitrogens is 4. The van der Waals surface area contributed by atoms with Gasteiger partial charge in [0, 0.05) is 23.4 Å². The van der Waals surface area contributed by atoms with Gasteiger partial charge in [-0.05, 0) is 38.1 Å². The van der Waals surface area contributed by atoms with Crippen LogP contribution in [-0.2, 0) is 16.0 Å². The van der Waals surface area contributed by atoms with Crippen molar-refractivity contribution in [3.05, 3.63) is 47.0 Å². The molecule has 1 aromatic carbocycles. The van der Waals surface area contributed by atoms with Crippen molar-refractivity contribution in [1.82, 2.24) is 19.6 Å². The SMILES string of the molecule is Cc1cc(C)n2nc(CC(=O)OCC(=O)c3ccc4c(c3)OCCCO4)nc2n1. The van der Waals surface area contributed by atoms with Gasteiger partial charge in [0.1, 0.15) is 6.42 Å². The van der Waals surface area contributed by atoms with Crippen LogP contribution < -0.4 is 9.47 Å². The van der Waals surface area contributed by atoms with E-state index in [0.29, 0.717) is 41.9 Å². The highest BCUT2D eigenvalue weighted by Crippen LogP contribution is 2.30. The fraction of sp³-hybridized carbons (Fsp3) is 0.350. The Morgan fingerprint density at radius 3 is 2.72 bits per heavy atom. The maximum Gasteiger partial charge on any atom is 0.314 e. The first-order valence-electron chi connectivity index (χ1n) is 9.28. The fourth-order valence-electron chi connectivity index (χ4n) is 3.03. The lowest BCUT2D eigenvalue weighted by molar-refractivity contribution is -0.141. The lowest BCUT2D eigenvalue weighted by Gasteiger charge is -2.09. The molecule has 0 N–H and O–H groups in total. The minimum Gasteiger partial charge on any atom is -0.490 e. The zero-order chi connectivity index (χ0) is 20.4. The molecule has 0 saturated carbocycles. The minimum absolute atomic E-state index is 0.143. The molecule has 0 amide bonds. The topological polar surface area (TPSA) is 105 Å². The number of hydrogen-bond acceptors (Lipinski definition) is 8. The summed E-state index contributed by atoms with van der Waals surface area (Å²) in [6.07, 6.45) is 0.636. The Hall–Kier alpha value is -3.49. The molecule has 1 aliphatic rings. The van der Waals surface area contributed by atoms with Crippen molar-refractivity contribution >= 4 is 17.5 Å². The molecule has 150 valence electrons. The van der Waals surface area contributed by atoms with Crippen molar-refractivity contribution < 1.29 is 23.8 Å². The third-order valence-electron chi connectivity index (χ3n) is 4.40. The van der Waals surface area contributed by atoms with Gasteiger partial charge in [0.25, 0.3) is 5.78 Å². The van der Waals surface area contributed by atoms with Crippen molar-refractivity contribution in [2.24, 2.45) is 0 Å². The number of carbonyl (C=O) groups excluding carboxylic acids is 2. The molecule has 0 aliphatic carbocycles. The first-order chi connectivity index (χ1) is 14.0. The second-order valence-corrected chi connectivity index (χ2v) is 6.75. The summed E-state index contributed by atoms with van der Waals surface area (Å²) in [5.41, 5.74) is 2.07. The lowest BCUT2D eigenvalue weighted by Crippen LogP contribution is -2.16. The van der Waals surface area contributed by atoms with Crippen molar-refractivity contribution in [3.8, 4) is 11.5 Å². The van der Waals surface area contributed by atoms with Crippen LogP contribution >= 0.6 is 0 Å². The summed E-state index contributed by atoms with van der Waals surface area (Å²) in [6, 6.07) is 6.80. The molecule has 9 heteroatoms. The number of carbonyl (C=O) groups is 2. The van der Waals surface area contributed by atoms with Gasteiger partial charge in [-0.1, -0.05) is 0 Å². The molecule has 2 aromatic heterocycles. The zero-order valence-electron chi connectivity index (χ0n) is 16.2. The fourth-order valence-corrected chi connectivity index (χ4v) is 3.03. The van der Waals surface area contributed by atoms with E-state index >= 15 is 0 Å². The highest BCUT2D eigenvalue weighted by molar-refractivity contribution is 5.98. The average molecular weight is 396 g/mol. The number of nitrogens with zero attached hydrogens (tertiary/aromatic N) is 4. The predicted molar refractivity (Wildman–Crippen MR) is 101 cm³/mol. The smallest absolute Gasteiger partial charge is 0.314 e. The van der Waals surface area contributed by atoms with Gasteiger partial charge in [-0.15, -0.1) is 5.10 Å². The first-order valence-corrected chi connectivity index (χ1v) is 9.28. The Morgan fingerprint density at radius 1 is 1.10 bits per heavy atom. The van der Waals surface area contributed by atoms with Crippen LogP contribution in [0.3, 0.4) is 0 Å². The van der Waals surface area contributed by atoms with Crippen LogP contribution in [-0.4, -0.2) is 51.2 Å². The van der Waals surface area contributed by atoms with E-state index < -0.39 is 5.97 Å². The quantitative estimate of drug-likeness (QED) is 0.475. The molecule has 9 nitrogen and oxygen atoms in total. The molecule has 3 heterocycles. The molecule has 0 spiro atoms. The van der Waals surface area contributed by atoms with Gasteiger partial charge in [0.05, 0.1) is 13.2 Å². The van der Waals surface area contributed by atoms with Crippen molar-refractivity contribution in [2.75, 3.05) is 19.8 Å². The number of rotatable bonds is 5. The molecule has 0 atom stereocenters. The lowest BCUT2D eigenvalue weighted by atomic mass is 10.1. The van der Waals surface area contributed by atoms with Crippen LogP contribution in [0.15, 0.2) is 24.3 Å². The van der Waals surface area contributed by atoms with E-state index in [4.69, 9.17) is 14.2 Å². The molecule has 3 aromatic rings. The van der Waals surface area contributed by atoms with Gasteiger partial charge in [0.2, 0.25) is 0 Å². The normalized spacial score (nSPS) is 13.2. The second kappa shape index (κ2) is 7.86. The standard InChI is InChI=1S/C20H20N4O5/c1-12-8-13(2)24-20(21-12)22-18(23-24)10-19(26)29-11-15(25)14-4-5-16-17(9-14)28-7-3-6-27-16/h4-5,8-9H,3,6-7,10-11H2,1-2H3. The van der Waals surface area contributed by atoms with Crippen LogP contribution in [0.5, 0.6) is 11.5 Å². The Morgan fingerprint density at radius 2 is 1.90 bits per heavy atom. The Labute approximate surface area is 166 Å². The third kappa shape index (κ3) is 4.18. The molecular formula is C20H20N4O5. The molecule has 0 fully saturated rings. The van der Waals surface area contributed by atoms with E-state index in [2.05, 4.69) is 15.1 Å². The highest BCUT2D eigenvalue weighted by Gasteiger charge is 2.17. The van der Waals surface area contributed by atoms with Gasteiger partial charge in [-0.3, -0.25) is 9.59 Å². The summed E-state index contributed by atoms with van der Waals surface area (Å²) in [7, 11) is 0. The monoisotopic (exact) mass is 396 g/mol. The van der Waals surface area contributed by atoms with E-state index in [1.54, 1.807) is 22.7 Å². The molecular weight excluding hydrogens is 376 g/mol. The number of aryl methyl sites for hydroxylation is 2. The van der Waals surface area contributed by atoms with Crippen LogP contribution in [0.25, 0.3) is 5.78 Å². The van der Waals surface area contributed by atoms with Gasteiger partial charge in [-0.2, -0.15) is 4.98 Å². The largest absolute Gasteiger partial charge is 0.490 e. The Kier molecular flexibility index (Phi) is 5.11. The number of esters is 1. The highest BCUT2D eigenvalue weighted by atomic mass is 16.5. The molecule has 4 rings (SSSR count). The predicted octanol–water partition coefficient (Wildman–Crippen LogP) is 1.87. The Balaban J connectivity index is 1.38. The van der Waals surface area contributed by atoms with E-state index in [0.717, 1.165) is 17.8 Å². The summed E-state index contributed by atoms with van der Waals surface area (Å²) in [5, 5.41) is 4.26. The van der Waals surface area contributed by atoms with Crippen LogP contribution in [0, 0.1) is 13.8 Å². The first kappa shape index (κ1) is 18.9. The molecule has 0 saturated heterocycles. The molecule has 1 aliphatic heterocycles. The Bertz CT molecular complexity index is 1090. The van der Waals surface area contributed by atoms with Crippen molar-refractivity contribution in [3.63, 3.8) is 0 Å². The number of Topliss-reactive ketones (excluding diaryl/α,β-unsaturated/α-hetero) is 1. The summed E-state index contributed by atoms with van der Waals surface area (Å²) in [5.74, 6) is 0.927. The van der Waals surface area contributed by atoms with Crippen LogP contribution in [0.4, 0.5) is 0 Å². The summed E-state index contributed by atoms with van der Waals surface area (Å²) < 4.78 is 17.8. The molecule has 0 bridgehead atoms. The van der Waals surface area contributed by atoms with Gasteiger partial charge >= 0.3 is 5.97 Å². The zero-order valence-corrected chi connectivity index (χ0v) is 16.2. The number of benzene rings is 1. The van der Waals surface area contributed by atoms with E-state index in [1.165, 1.54) is 0 Å². The van der Waals surface area contributed by atoms with Gasteiger partial charge in [0.15, 0.2) is 29.7 Å². The number of ketones is 1. The maximum atomic E-state index is 12.4. The molecule has 0 radical (unpaired) electrons. The van der Waals surface area contributed by atoms with Crippen LogP contribution in [0.2, 0.25) is 0 Å². The molecule has 0 unspecified atom stereocenters. The van der Waals surface area contributed by atoms with E-state index in [-0.39, 0.29) is 18.8 Å². The molecule has 29 heavy (non-hydrogen) atoms. The van der Waals surface area contributed by atoms with E-state index in [9.17, 15) is 9.59 Å². The minimum atomic E-state index is -0.585. The van der Waals surface area contributed by atoms with Crippen molar-refractivity contribution in [1.29, 1.82) is 0 Å². The summed E-state index contributed by atoms with van der Waals surface area (Å²) in [6.45, 7) is 4.47. The third-order valence-corrected chi connectivity index (χ3v) is 4.40. The van der Waals surface area contributed by atoms with Gasteiger partial charge in [-0.25, -0.2) is 9.50 Å². The maximum absolute atomic E-state index is 12.4. The number of ether oxygens (including phenoxy) is 3. The number of fused-ring (bicyclic) bond motifs is 2. The summed E-state index contributed by atoms with van der Waals surface area (Å²) >= 11 is 0. The summed E-state index contributed by atoms with van der Waals surface area (Å²) in [4.78, 5) is 33.0.